The summed E-state index contributed by atoms with van der Waals surface area (Å²) in [5, 5.41) is 0. The molecule has 0 aliphatic heterocycles. The highest BCUT2D eigenvalue weighted by atomic mass is 16.1. The number of aryl methyl sites for hydroxylation is 1. The molecule has 1 atom stereocenters. The van der Waals surface area contributed by atoms with E-state index in [1.165, 1.54) is 11.1 Å². The Kier molecular flexibility index (Phi) is 3.55. The van der Waals surface area contributed by atoms with E-state index in [0.29, 0.717) is 12.2 Å². The van der Waals surface area contributed by atoms with Crippen LogP contribution in [-0.2, 0) is 11.2 Å². The molecule has 1 nitrogen and oxygen atoms in total. The number of carbonyl (C=O) groups excluding carboxylic acids is 1. The molecule has 84 valence electrons. The minimum atomic E-state index is 0.224. The summed E-state index contributed by atoms with van der Waals surface area (Å²) in [6, 6.07) is 10.4. The van der Waals surface area contributed by atoms with Crippen LogP contribution in [0.2, 0.25) is 0 Å². The lowest BCUT2D eigenvalue weighted by Gasteiger charge is -2.22. The Bertz CT molecular complexity index is 378. The van der Waals surface area contributed by atoms with E-state index in [0.717, 1.165) is 25.7 Å². The van der Waals surface area contributed by atoms with Gasteiger partial charge in [-0.05, 0) is 31.2 Å². The van der Waals surface area contributed by atoms with Gasteiger partial charge in [0.25, 0.3) is 0 Å². The smallest absolute Gasteiger partial charge is 0.136 e. The highest BCUT2D eigenvalue weighted by molar-refractivity contribution is 5.82. The van der Waals surface area contributed by atoms with Crippen molar-refractivity contribution in [3.05, 3.63) is 48.0 Å². The molecular formula is C15H18O. The molecule has 0 bridgehead atoms. The largest absolute Gasteiger partial charge is 0.299 e. The van der Waals surface area contributed by atoms with Crippen molar-refractivity contribution in [2.45, 2.75) is 32.1 Å². The zero-order valence-corrected chi connectivity index (χ0v) is 9.61. The fraction of sp³-hybridized carbons (Fsp3) is 0.400. The summed E-state index contributed by atoms with van der Waals surface area (Å²) in [4.78, 5) is 11.7. The second kappa shape index (κ2) is 5.11. The Balaban J connectivity index is 1.90. The van der Waals surface area contributed by atoms with Gasteiger partial charge in [0.2, 0.25) is 0 Å². The topological polar surface area (TPSA) is 17.1 Å². The molecule has 1 heteroatoms. The maximum atomic E-state index is 11.7. The first-order chi connectivity index (χ1) is 7.75. The quantitative estimate of drug-likeness (QED) is 0.703. The van der Waals surface area contributed by atoms with Gasteiger partial charge in [-0.3, -0.25) is 4.79 Å². The fourth-order valence-corrected chi connectivity index (χ4v) is 2.32. The zero-order chi connectivity index (χ0) is 11.4. The van der Waals surface area contributed by atoms with Crippen molar-refractivity contribution >= 4 is 5.78 Å². The lowest BCUT2D eigenvalue weighted by atomic mass is 9.82. The van der Waals surface area contributed by atoms with Crippen molar-refractivity contribution in [2.75, 3.05) is 0 Å². The average Bonchev–Trinajstić information content (AvgIpc) is 2.32. The maximum absolute atomic E-state index is 11.7. The van der Waals surface area contributed by atoms with Crippen molar-refractivity contribution in [1.82, 2.24) is 0 Å². The van der Waals surface area contributed by atoms with Crippen molar-refractivity contribution in [1.29, 1.82) is 0 Å². The van der Waals surface area contributed by atoms with E-state index in [1.807, 2.05) is 6.07 Å². The van der Waals surface area contributed by atoms with Gasteiger partial charge in [-0.1, -0.05) is 42.5 Å². The molecular weight excluding hydrogens is 196 g/mol. The Morgan fingerprint density at radius 1 is 1.19 bits per heavy atom. The van der Waals surface area contributed by atoms with Crippen molar-refractivity contribution in [3.8, 4) is 0 Å². The van der Waals surface area contributed by atoms with Gasteiger partial charge in [-0.15, -0.1) is 0 Å². The van der Waals surface area contributed by atoms with Gasteiger partial charge in [-0.25, -0.2) is 0 Å². The molecule has 1 aliphatic carbocycles. The molecule has 2 rings (SSSR count). The van der Waals surface area contributed by atoms with Gasteiger partial charge in [0.05, 0.1) is 0 Å². The van der Waals surface area contributed by atoms with E-state index < -0.39 is 0 Å². The second-order valence-electron chi connectivity index (χ2n) is 4.64. The summed E-state index contributed by atoms with van der Waals surface area (Å²) in [7, 11) is 0. The minimum absolute atomic E-state index is 0.224. The molecule has 0 N–H and O–H groups in total. The van der Waals surface area contributed by atoms with E-state index in [1.54, 1.807) is 0 Å². The summed E-state index contributed by atoms with van der Waals surface area (Å²) < 4.78 is 0. The Labute approximate surface area is 97.2 Å². The fourth-order valence-electron chi connectivity index (χ4n) is 2.32. The minimum Gasteiger partial charge on any atom is -0.299 e. The van der Waals surface area contributed by atoms with E-state index in [4.69, 9.17) is 0 Å². The van der Waals surface area contributed by atoms with E-state index in [-0.39, 0.29) is 5.92 Å². The zero-order valence-electron chi connectivity index (χ0n) is 9.61. The molecule has 0 spiro atoms. The third kappa shape index (κ3) is 2.82. The van der Waals surface area contributed by atoms with Gasteiger partial charge in [0, 0.05) is 12.3 Å². The summed E-state index contributed by atoms with van der Waals surface area (Å²) in [5.74, 6) is 0.657. The SMILES string of the molecule is C=C1CCC(=O)[C@H](CCc2ccccc2)C1. The second-order valence-corrected chi connectivity index (χ2v) is 4.64. The number of ketones is 1. The first-order valence-electron chi connectivity index (χ1n) is 5.99. The predicted molar refractivity (Wildman–Crippen MR) is 66.3 cm³/mol. The van der Waals surface area contributed by atoms with Crippen LogP contribution in [0.1, 0.15) is 31.2 Å². The molecule has 1 aromatic carbocycles. The first kappa shape index (κ1) is 11.1. The molecule has 16 heavy (non-hydrogen) atoms. The highest BCUT2D eigenvalue weighted by Crippen LogP contribution is 2.27. The van der Waals surface area contributed by atoms with Gasteiger partial charge in [-0.2, -0.15) is 0 Å². The van der Waals surface area contributed by atoms with Gasteiger partial charge < -0.3 is 0 Å². The lowest BCUT2D eigenvalue weighted by Crippen LogP contribution is -2.20. The molecule has 1 aromatic rings. The van der Waals surface area contributed by atoms with Crippen molar-refractivity contribution in [2.24, 2.45) is 5.92 Å². The average molecular weight is 214 g/mol. The summed E-state index contributed by atoms with van der Waals surface area (Å²) >= 11 is 0. The Morgan fingerprint density at radius 2 is 1.94 bits per heavy atom. The molecule has 0 amide bonds. The molecule has 0 radical (unpaired) electrons. The van der Waals surface area contributed by atoms with Gasteiger partial charge >= 0.3 is 0 Å². The van der Waals surface area contributed by atoms with Crippen LogP contribution in [0, 0.1) is 5.92 Å². The molecule has 1 fully saturated rings. The van der Waals surface area contributed by atoms with Crippen molar-refractivity contribution < 1.29 is 4.79 Å². The van der Waals surface area contributed by atoms with Crippen LogP contribution in [0.25, 0.3) is 0 Å². The summed E-state index contributed by atoms with van der Waals surface area (Å²) in [6.07, 6.45) is 4.50. The van der Waals surface area contributed by atoms with Crippen LogP contribution in [0.5, 0.6) is 0 Å². The van der Waals surface area contributed by atoms with Crippen LogP contribution in [-0.4, -0.2) is 5.78 Å². The van der Waals surface area contributed by atoms with Crippen LogP contribution < -0.4 is 0 Å². The van der Waals surface area contributed by atoms with Crippen LogP contribution >= 0.6 is 0 Å². The highest BCUT2D eigenvalue weighted by Gasteiger charge is 2.23. The number of carbonyl (C=O) groups is 1. The Morgan fingerprint density at radius 3 is 2.69 bits per heavy atom. The van der Waals surface area contributed by atoms with Crippen LogP contribution in [0.15, 0.2) is 42.5 Å². The lowest BCUT2D eigenvalue weighted by molar-refractivity contribution is -0.123. The van der Waals surface area contributed by atoms with E-state index in [2.05, 4.69) is 30.8 Å². The third-order valence-corrected chi connectivity index (χ3v) is 3.34. The number of hydrogen-bond donors (Lipinski definition) is 0. The molecule has 0 aromatic heterocycles. The van der Waals surface area contributed by atoms with Crippen molar-refractivity contribution in [3.63, 3.8) is 0 Å². The molecule has 0 unspecified atom stereocenters. The summed E-state index contributed by atoms with van der Waals surface area (Å²) in [5.41, 5.74) is 2.57. The number of hydrogen-bond acceptors (Lipinski definition) is 1. The standard InChI is InChI=1S/C15H18O/c1-12-7-10-15(16)14(11-12)9-8-13-5-3-2-4-6-13/h2-6,14H,1,7-11H2/t14-/m1/s1. The van der Waals surface area contributed by atoms with Crippen LogP contribution in [0.3, 0.4) is 0 Å². The molecule has 1 aliphatic rings. The maximum Gasteiger partial charge on any atom is 0.136 e. The number of Topliss-reactive ketones (excluding diaryl/α,β-unsaturated/α-hetero) is 1. The third-order valence-electron chi connectivity index (χ3n) is 3.34. The monoisotopic (exact) mass is 214 g/mol. The van der Waals surface area contributed by atoms with Crippen LogP contribution in [0.4, 0.5) is 0 Å². The van der Waals surface area contributed by atoms with E-state index >= 15 is 0 Å². The molecule has 0 heterocycles. The van der Waals surface area contributed by atoms with E-state index in [9.17, 15) is 4.79 Å². The normalized spacial score (nSPS) is 21.1. The number of rotatable bonds is 3. The molecule has 1 saturated carbocycles. The number of benzene rings is 1. The molecule has 0 saturated heterocycles. The summed E-state index contributed by atoms with van der Waals surface area (Å²) in [6.45, 7) is 4.00. The Hall–Kier alpha value is -1.37. The first-order valence-corrected chi connectivity index (χ1v) is 5.99. The van der Waals surface area contributed by atoms with Gasteiger partial charge in [0.15, 0.2) is 0 Å². The predicted octanol–water partition coefficient (Wildman–Crippen LogP) is 3.54. The number of allylic oxidation sites excluding steroid dienone is 1. The van der Waals surface area contributed by atoms with Gasteiger partial charge in [0.1, 0.15) is 5.78 Å².